The van der Waals surface area contributed by atoms with Gasteiger partial charge in [-0.2, -0.15) is 0 Å². The van der Waals surface area contributed by atoms with E-state index < -0.39 is 0 Å². The summed E-state index contributed by atoms with van der Waals surface area (Å²) in [6.45, 7) is 1.14. The van der Waals surface area contributed by atoms with Crippen molar-refractivity contribution in [3.63, 3.8) is 0 Å². The van der Waals surface area contributed by atoms with Gasteiger partial charge in [-0.3, -0.25) is 4.79 Å². The summed E-state index contributed by atoms with van der Waals surface area (Å²) in [6.07, 6.45) is 0. The number of ether oxygens (including phenoxy) is 2. The molecule has 0 atom stereocenters. The van der Waals surface area contributed by atoms with Crippen molar-refractivity contribution in [1.29, 1.82) is 0 Å². The zero-order chi connectivity index (χ0) is 15.5. The normalized spacial score (nSPS) is 12.8. The first kappa shape index (κ1) is 15.0. The van der Waals surface area contributed by atoms with Crippen LogP contribution in [0.25, 0.3) is 0 Å². The number of fused-ring (bicyclic) bond motifs is 1. The van der Waals surface area contributed by atoms with E-state index in [9.17, 15) is 4.79 Å². The molecule has 6 heteroatoms. The van der Waals surface area contributed by atoms with Gasteiger partial charge in [0.15, 0.2) is 17.3 Å². The zero-order valence-corrected chi connectivity index (χ0v) is 13.1. The largest absolute Gasteiger partial charge is 0.486 e. The second-order valence-corrected chi connectivity index (χ2v) is 5.60. The highest BCUT2D eigenvalue weighted by Crippen LogP contribution is 2.31. The molecule has 1 aliphatic rings. The van der Waals surface area contributed by atoms with Gasteiger partial charge in [0.1, 0.15) is 13.2 Å². The molecule has 0 saturated heterocycles. The summed E-state index contributed by atoms with van der Waals surface area (Å²) in [5, 5.41) is 4.03. The second-order valence-electron chi connectivity index (χ2n) is 4.76. The number of carbonyl (C=O) groups is 1. The Morgan fingerprint density at radius 1 is 1.05 bits per heavy atom. The number of halogens is 2. The Bertz CT molecular complexity index is 719. The number of hydrogen-bond acceptors (Lipinski definition) is 4. The number of rotatable bonds is 4. The van der Waals surface area contributed by atoms with Crippen LogP contribution in [0.15, 0.2) is 36.4 Å². The van der Waals surface area contributed by atoms with E-state index in [0.717, 1.165) is 0 Å². The summed E-state index contributed by atoms with van der Waals surface area (Å²) in [4.78, 5) is 12.3. The van der Waals surface area contributed by atoms with E-state index in [-0.39, 0.29) is 12.3 Å². The predicted molar refractivity (Wildman–Crippen MR) is 86.7 cm³/mol. The van der Waals surface area contributed by atoms with E-state index in [0.29, 0.717) is 46.0 Å². The van der Waals surface area contributed by atoms with Gasteiger partial charge in [-0.05, 0) is 36.4 Å². The van der Waals surface area contributed by atoms with Crippen LogP contribution >= 0.6 is 23.2 Å². The van der Waals surface area contributed by atoms with E-state index >= 15 is 0 Å². The van der Waals surface area contributed by atoms with Crippen molar-refractivity contribution in [2.75, 3.05) is 25.1 Å². The van der Waals surface area contributed by atoms with Crippen molar-refractivity contribution < 1.29 is 14.3 Å². The number of Topliss-reactive ketones (excluding diaryl/α,β-unsaturated/α-hetero) is 1. The van der Waals surface area contributed by atoms with Crippen molar-refractivity contribution in [1.82, 2.24) is 0 Å². The molecule has 1 heterocycles. The first-order chi connectivity index (χ1) is 10.6. The van der Waals surface area contributed by atoms with Crippen molar-refractivity contribution in [3.8, 4) is 11.5 Å². The highest BCUT2D eigenvalue weighted by molar-refractivity contribution is 6.36. The third kappa shape index (κ3) is 3.29. The molecule has 0 radical (unpaired) electrons. The van der Waals surface area contributed by atoms with Crippen molar-refractivity contribution in [2.24, 2.45) is 0 Å². The van der Waals surface area contributed by atoms with Crippen LogP contribution in [0, 0.1) is 0 Å². The minimum atomic E-state index is -0.0667. The first-order valence-corrected chi connectivity index (χ1v) is 7.51. The fourth-order valence-corrected chi connectivity index (χ4v) is 2.60. The number of anilines is 1. The molecule has 1 aliphatic heterocycles. The number of nitrogens with one attached hydrogen (secondary N) is 1. The summed E-state index contributed by atoms with van der Waals surface area (Å²) >= 11 is 11.9. The van der Waals surface area contributed by atoms with Gasteiger partial charge in [0.25, 0.3) is 0 Å². The van der Waals surface area contributed by atoms with Gasteiger partial charge >= 0.3 is 0 Å². The van der Waals surface area contributed by atoms with Gasteiger partial charge in [-0.25, -0.2) is 0 Å². The van der Waals surface area contributed by atoms with E-state index in [1.807, 2.05) is 0 Å². The second kappa shape index (κ2) is 6.46. The molecule has 0 unspecified atom stereocenters. The molecule has 0 aliphatic carbocycles. The van der Waals surface area contributed by atoms with Gasteiger partial charge in [-0.15, -0.1) is 0 Å². The van der Waals surface area contributed by atoms with Crippen molar-refractivity contribution >= 4 is 34.7 Å². The summed E-state index contributed by atoms with van der Waals surface area (Å²) < 4.78 is 10.9. The molecule has 0 aromatic heterocycles. The van der Waals surface area contributed by atoms with Crippen molar-refractivity contribution in [2.45, 2.75) is 0 Å². The third-order valence-corrected chi connectivity index (χ3v) is 3.78. The topological polar surface area (TPSA) is 47.6 Å². The Morgan fingerprint density at radius 2 is 1.82 bits per heavy atom. The fourth-order valence-electron chi connectivity index (χ4n) is 2.13. The monoisotopic (exact) mass is 337 g/mol. The summed E-state index contributed by atoms with van der Waals surface area (Å²) in [7, 11) is 0. The van der Waals surface area contributed by atoms with Gasteiger partial charge < -0.3 is 14.8 Å². The van der Waals surface area contributed by atoms with Crippen LogP contribution in [-0.2, 0) is 0 Å². The highest BCUT2D eigenvalue weighted by atomic mass is 35.5. The average Bonchev–Trinajstić information content (AvgIpc) is 2.53. The summed E-state index contributed by atoms with van der Waals surface area (Å²) in [5.74, 6) is 1.20. The zero-order valence-electron chi connectivity index (χ0n) is 11.6. The molecule has 22 heavy (non-hydrogen) atoms. The van der Waals surface area contributed by atoms with Crippen molar-refractivity contribution in [3.05, 3.63) is 52.0 Å². The first-order valence-electron chi connectivity index (χ1n) is 6.75. The van der Waals surface area contributed by atoms with Crippen LogP contribution < -0.4 is 14.8 Å². The summed E-state index contributed by atoms with van der Waals surface area (Å²) in [5.41, 5.74) is 1.22. The summed E-state index contributed by atoms with van der Waals surface area (Å²) in [6, 6.07) is 10.2. The Balaban J connectivity index is 1.69. The van der Waals surface area contributed by atoms with Crippen LogP contribution in [0.5, 0.6) is 11.5 Å². The highest BCUT2D eigenvalue weighted by Gasteiger charge is 2.15. The Labute approximate surface area is 137 Å². The third-order valence-electron chi connectivity index (χ3n) is 3.23. The van der Waals surface area contributed by atoms with Crippen LogP contribution in [0.3, 0.4) is 0 Å². The maximum atomic E-state index is 12.3. The van der Waals surface area contributed by atoms with Crippen LogP contribution in [0.2, 0.25) is 10.0 Å². The molecule has 0 fully saturated rings. The molecule has 4 nitrogen and oxygen atoms in total. The Kier molecular flexibility index (Phi) is 4.41. The van der Waals surface area contributed by atoms with Gasteiger partial charge in [-0.1, -0.05) is 23.2 Å². The quantitative estimate of drug-likeness (QED) is 0.854. The van der Waals surface area contributed by atoms with E-state index in [4.69, 9.17) is 32.7 Å². The van der Waals surface area contributed by atoms with E-state index in [1.54, 1.807) is 36.4 Å². The smallest absolute Gasteiger partial charge is 0.181 e. The lowest BCUT2D eigenvalue weighted by Crippen LogP contribution is -2.17. The lowest BCUT2D eigenvalue weighted by molar-refractivity contribution is 0.100. The van der Waals surface area contributed by atoms with Crippen LogP contribution in [0.4, 0.5) is 5.69 Å². The Morgan fingerprint density at radius 3 is 2.59 bits per heavy atom. The number of hydrogen-bond donors (Lipinski definition) is 1. The maximum Gasteiger partial charge on any atom is 0.181 e. The van der Waals surface area contributed by atoms with E-state index in [1.165, 1.54) is 0 Å². The molecule has 3 rings (SSSR count). The SMILES string of the molecule is O=C(CNc1ccc(Cl)cc1Cl)c1ccc2c(c1)OCCO2. The number of benzene rings is 2. The molecular formula is C16H13Cl2NO3. The van der Waals surface area contributed by atoms with Gasteiger partial charge in [0.2, 0.25) is 0 Å². The molecule has 2 aromatic rings. The molecule has 114 valence electrons. The minimum Gasteiger partial charge on any atom is -0.486 e. The molecule has 0 spiro atoms. The lowest BCUT2D eigenvalue weighted by atomic mass is 10.1. The number of carbonyl (C=O) groups excluding carboxylic acids is 1. The molecule has 0 amide bonds. The predicted octanol–water partition coefficient (Wildman–Crippen LogP) is 4.06. The average molecular weight is 338 g/mol. The molecule has 0 saturated carbocycles. The standard InChI is InChI=1S/C16H13Cl2NO3/c17-11-2-3-13(12(18)8-11)19-9-14(20)10-1-4-15-16(7-10)22-6-5-21-15/h1-4,7-8,19H,5-6,9H2. The molecule has 2 aromatic carbocycles. The van der Waals surface area contributed by atoms with Crippen LogP contribution in [-0.4, -0.2) is 25.5 Å². The maximum absolute atomic E-state index is 12.3. The van der Waals surface area contributed by atoms with E-state index in [2.05, 4.69) is 5.32 Å². The van der Waals surface area contributed by atoms with Crippen LogP contribution in [0.1, 0.15) is 10.4 Å². The molecular weight excluding hydrogens is 325 g/mol. The lowest BCUT2D eigenvalue weighted by Gasteiger charge is -2.18. The fraction of sp³-hybridized carbons (Fsp3) is 0.188. The molecule has 0 bridgehead atoms. The van der Waals surface area contributed by atoms with Gasteiger partial charge in [0.05, 0.1) is 17.3 Å². The minimum absolute atomic E-state index is 0.0667. The van der Waals surface area contributed by atoms with Gasteiger partial charge in [0, 0.05) is 10.6 Å². The number of ketones is 1. The molecule has 1 N–H and O–H groups in total. The Hall–Kier alpha value is -1.91.